The number of hydrogen-bond donors (Lipinski definition) is 1. The van der Waals surface area contributed by atoms with E-state index in [2.05, 4.69) is 30.9 Å². The molecule has 1 unspecified atom stereocenters. The third-order valence-corrected chi connectivity index (χ3v) is 5.54. The minimum atomic E-state index is -0.979. The van der Waals surface area contributed by atoms with Crippen molar-refractivity contribution < 1.29 is 9.84 Å². The van der Waals surface area contributed by atoms with E-state index in [1.165, 1.54) is 24.8 Å². The Morgan fingerprint density at radius 1 is 1.00 bits per heavy atom. The Morgan fingerprint density at radius 2 is 1.74 bits per heavy atom. The highest BCUT2D eigenvalue weighted by Crippen LogP contribution is 2.35. The predicted molar refractivity (Wildman–Crippen MR) is 111 cm³/mol. The monoisotopic (exact) mass is 367 g/mol. The van der Waals surface area contributed by atoms with Gasteiger partial charge in [-0.25, -0.2) is 0 Å². The number of hydrogen-bond acceptors (Lipinski definition) is 3. The van der Waals surface area contributed by atoms with Crippen LogP contribution in [-0.2, 0) is 5.60 Å². The van der Waals surface area contributed by atoms with Crippen LogP contribution >= 0.6 is 0 Å². The van der Waals surface area contributed by atoms with Crippen LogP contribution in [0.15, 0.2) is 48.5 Å². The Morgan fingerprint density at radius 3 is 2.41 bits per heavy atom. The Kier molecular flexibility index (Phi) is 6.92. The van der Waals surface area contributed by atoms with Gasteiger partial charge in [-0.05, 0) is 69.0 Å². The molecule has 1 aliphatic heterocycles. The van der Waals surface area contributed by atoms with Crippen molar-refractivity contribution in [2.45, 2.75) is 51.6 Å². The van der Waals surface area contributed by atoms with Crippen LogP contribution in [-0.4, -0.2) is 36.2 Å². The second-order valence-corrected chi connectivity index (χ2v) is 7.75. The number of aryl methyl sites for hydroxylation is 1. The van der Waals surface area contributed by atoms with E-state index in [1.807, 2.05) is 36.4 Å². The lowest BCUT2D eigenvalue weighted by molar-refractivity contribution is 0.0544. The highest BCUT2D eigenvalue weighted by molar-refractivity contribution is 5.40. The maximum Gasteiger partial charge on any atom is 0.119 e. The van der Waals surface area contributed by atoms with E-state index in [0.29, 0.717) is 6.42 Å². The fourth-order valence-electron chi connectivity index (χ4n) is 3.91. The molecular formula is C24H33NO2. The van der Waals surface area contributed by atoms with Gasteiger partial charge in [0.15, 0.2) is 0 Å². The zero-order valence-electron chi connectivity index (χ0n) is 16.8. The molecule has 27 heavy (non-hydrogen) atoms. The van der Waals surface area contributed by atoms with Crippen molar-refractivity contribution in [1.29, 1.82) is 0 Å². The first-order valence-electron chi connectivity index (χ1n) is 10.4. The summed E-state index contributed by atoms with van der Waals surface area (Å²) in [7, 11) is 0. The fourth-order valence-corrected chi connectivity index (χ4v) is 3.91. The molecule has 0 amide bonds. The smallest absolute Gasteiger partial charge is 0.119 e. The quantitative estimate of drug-likeness (QED) is 0.720. The number of piperidine rings is 1. The lowest BCUT2D eigenvalue weighted by Gasteiger charge is -2.34. The number of likely N-dealkylation sites (tertiary alicyclic amines) is 1. The van der Waals surface area contributed by atoms with Crippen molar-refractivity contribution in [3.8, 4) is 5.75 Å². The zero-order chi connectivity index (χ0) is 19.1. The van der Waals surface area contributed by atoms with Crippen molar-refractivity contribution >= 4 is 0 Å². The molecule has 3 rings (SSSR count). The van der Waals surface area contributed by atoms with E-state index in [9.17, 15) is 5.11 Å². The molecule has 1 heterocycles. The maximum absolute atomic E-state index is 11.8. The van der Waals surface area contributed by atoms with Gasteiger partial charge in [-0.3, -0.25) is 0 Å². The molecule has 1 N–H and O–H groups in total. The van der Waals surface area contributed by atoms with Crippen LogP contribution in [0, 0.1) is 6.92 Å². The highest BCUT2D eigenvalue weighted by Gasteiger charge is 2.32. The average molecular weight is 368 g/mol. The summed E-state index contributed by atoms with van der Waals surface area (Å²) < 4.78 is 5.71. The molecule has 1 saturated heterocycles. The lowest BCUT2D eigenvalue weighted by Crippen LogP contribution is -2.36. The first kappa shape index (κ1) is 19.9. The second-order valence-electron chi connectivity index (χ2n) is 7.75. The van der Waals surface area contributed by atoms with Crippen LogP contribution in [0.1, 0.15) is 55.7 Å². The third kappa shape index (κ3) is 5.12. The SMILES string of the molecule is CCCOc1ccc(C(O)(CCN2CCCCC2)c2cccc(C)c2)cc1. The number of aliphatic hydroxyl groups is 1. The summed E-state index contributed by atoms with van der Waals surface area (Å²) in [6.45, 7) is 8.11. The molecule has 2 aromatic carbocycles. The molecule has 146 valence electrons. The topological polar surface area (TPSA) is 32.7 Å². The summed E-state index contributed by atoms with van der Waals surface area (Å²) in [6, 6.07) is 16.3. The van der Waals surface area contributed by atoms with E-state index in [1.54, 1.807) is 0 Å². The van der Waals surface area contributed by atoms with E-state index >= 15 is 0 Å². The molecule has 3 nitrogen and oxygen atoms in total. The normalized spacial score (nSPS) is 17.4. The fraction of sp³-hybridized carbons (Fsp3) is 0.500. The van der Waals surface area contributed by atoms with E-state index in [0.717, 1.165) is 49.5 Å². The zero-order valence-corrected chi connectivity index (χ0v) is 16.8. The summed E-state index contributed by atoms with van der Waals surface area (Å²) in [5, 5.41) is 11.8. The number of ether oxygens (including phenoxy) is 1. The van der Waals surface area contributed by atoms with Gasteiger partial charge < -0.3 is 14.7 Å². The maximum atomic E-state index is 11.8. The summed E-state index contributed by atoms with van der Waals surface area (Å²) >= 11 is 0. The van der Waals surface area contributed by atoms with Gasteiger partial charge in [0, 0.05) is 6.54 Å². The molecule has 0 spiro atoms. The average Bonchev–Trinajstić information content (AvgIpc) is 2.71. The van der Waals surface area contributed by atoms with Gasteiger partial charge in [-0.1, -0.05) is 55.3 Å². The van der Waals surface area contributed by atoms with Gasteiger partial charge in [0.05, 0.1) is 6.61 Å². The Labute approximate surface area is 164 Å². The molecule has 1 aliphatic rings. The minimum Gasteiger partial charge on any atom is -0.494 e. The van der Waals surface area contributed by atoms with Gasteiger partial charge in [0.2, 0.25) is 0 Å². The predicted octanol–water partition coefficient (Wildman–Crippen LogP) is 4.90. The molecule has 0 aliphatic carbocycles. The summed E-state index contributed by atoms with van der Waals surface area (Å²) in [6.07, 6.45) is 5.56. The van der Waals surface area contributed by atoms with Crippen molar-refractivity contribution in [2.75, 3.05) is 26.2 Å². The first-order valence-corrected chi connectivity index (χ1v) is 10.4. The van der Waals surface area contributed by atoms with Crippen LogP contribution in [0.2, 0.25) is 0 Å². The van der Waals surface area contributed by atoms with E-state index in [-0.39, 0.29) is 0 Å². The standard InChI is InChI=1S/C24H33NO2/c1-3-18-27-23-12-10-21(11-13-23)24(26,22-9-7-8-20(2)19-22)14-17-25-15-5-4-6-16-25/h7-13,19,26H,3-6,14-18H2,1-2H3. The minimum absolute atomic E-state index is 0.700. The second kappa shape index (κ2) is 9.38. The van der Waals surface area contributed by atoms with Crippen molar-refractivity contribution in [3.63, 3.8) is 0 Å². The summed E-state index contributed by atoms with van der Waals surface area (Å²) in [4.78, 5) is 2.49. The van der Waals surface area contributed by atoms with Crippen LogP contribution in [0.3, 0.4) is 0 Å². The largest absolute Gasteiger partial charge is 0.494 e. The number of rotatable bonds is 8. The van der Waals surface area contributed by atoms with Gasteiger partial charge >= 0.3 is 0 Å². The van der Waals surface area contributed by atoms with Crippen LogP contribution < -0.4 is 4.74 Å². The van der Waals surface area contributed by atoms with Gasteiger partial charge in [-0.2, -0.15) is 0 Å². The molecule has 0 bridgehead atoms. The molecule has 3 heteroatoms. The van der Waals surface area contributed by atoms with Gasteiger partial charge in [-0.15, -0.1) is 0 Å². The molecule has 1 atom stereocenters. The molecule has 0 radical (unpaired) electrons. The lowest BCUT2D eigenvalue weighted by atomic mass is 9.82. The third-order valence-electron chi connectivity index (χ3n) is 5.54. The van der Waals surface area contributed by atoms with E-state index in [4.69, 9.17) is 4.74 Å². The first-order chi connectivity index (χ1) is 13.1. The molecule has 0 aromatic heterocycles. The van der Waals surface area contributed by atoms with Crippen molar-refractivity contribution in [1.82, 2.24) is 4.90 Å². The van der Waals surface area contributed by atoms with Crippen LogP contribution in [0.25, 0.3) is 0 Å². The Hall–Kier alpha value is -1.84. The summed E-state index contributed by atoms with van der Waals surface area (Å²) in [5.74, 6) is 0.864. The molecule has 2 aromatic rings. The number of nitrogens with zero attached hydrogens (tertiary/aromatic N) is 1. The Balaban J connectivity index is 1.84. The Bertz CT molecular complexity index is 707. The van der Waals surface area contributed by atoms with Crippen LogP contribution in [0.4, 0.5) is 0 Å². The van der Waals surface area contributed by atoms with Gasteiger partial charge in [0.25, 0.3) is 0 Å². The molecule has 0 saturated carbocycles. The van der Waals surface area contributed by atoms with Crippen LogP contribution in [0.5, 0.6) is 5.75 Å². The van der Waals surface area contributed by atoms with Crippen molar-refractivity contribution in [3.05, 3.63) is 65.2 Å². The van der Waals surface area contributed by atoms with Gasteiger partial charge in [0.1, 0.15) is 11.4 Å². The summed E-state index contributed by atoms with van der Waals surface area (Å²) in [5.41, 5.74) is 2.11. The van der Waals surface area contributed by atoms with E-state index < -0.39 is 5.60 Å². The van der Waals surface area contributed by atoms with Crippen molar-refractivity contribution in [2.24, 2.45) is 0 Å². The highest BCUT2D eigenvalue weighted by atomic mass is 16.5. The molecular weight excluding hydrogens is 334 g/mol. The number of benzene rings is 2. The molecule has 1 fully saturated rings.